The first-order chi connectivity index (χ1) is 13.5. The number of para-hydroxylation sites is 1. The first-order valence-electron chi connectivity index (χ1n) is 8.49. The number of amides is 1. The molecule has 0 fully saturated rings. The molecule has 1 amide bonds. The number of nitrogens with zero attached hydrogens (tertiary/aromatic N) is 1. The van der Waals surface area contributed by atoms with Crippen LogP contribution in [-0.4, -0.2) is 22.5 Å². The minimum Gasteiger partial charge on any atom is -0.489 e. The number of rotatable bonds is 8. The van der Waals surface area contributed by atoms with Gasteiger partial charge in [-0.25, -0.2) is 0 Å². The zero-order valence-electron chi connectivity index (χ0n) is 14.8. The highest BCUT2D eigenvalue weighted by Crippen LogP contribution is 2.18. The lowest BCUT2D eigenvalue weighted by Gasteiger charge is -2.12. The van der Waals surface area contributed by atoms with Crippen molar-refractivity contribution in [2.75, 3.05) is 6.54 Å². The number of benzene rings is 2. The van der Waals surface area contributed by atoms with Gasteiger partial charge >= 0.3 is 0 Å². The molecule has 8 heteroatoms. The molecule has 0 saturated carbocycles. The largest absolute Gasteiger partial charge is 0.489 e. The summed E-state index contributed by atoms with van der Waals surface area (Å²) in [5.74, 6) is 0.285. The molecular formula is C20H18N2O6. The van der Waals surface area contributed by atoms with Crippen LogP contribution in [0.5, 0.6) is 5.75 Å². The molecule has 2 N–H and O–H groups in total. The molecule has 0 aliphatic carbocycles. The van der Waals surface area contributed by atoms with Crippen molar-refractivity contribution in [2.24, 2.45) is 0 Å². The zero-order valence-corrected chi connectivity index (χ0v) is 14.8. The Morgan fingerprint density at radius 1 is 1.14 bits per heavy atom. The van der Waals surface area contributed by atoms with Gasteiger partial charge in [0.2, 0.25) is 0 Å². The Labute approximate surface area is 160 Å². The van der Waals surface area contributed by atoms with E-state index in [0.29, 0.717) is 16.9 Å². The summed E-state index contributed by atoms with van der Waals surface area (Å²) in [7, 11) is 0. The number of nitro benzene ring substituents is 1. The number of ether oxygens (including phenoxy) is 1. The van der Waals surface area contributed by atoms with E-state index in [1.54, 1.807) is 18.2 Å². The van der Waals surface area contributed by atoms with E-state index in [9.17, 15) is 20.0 Å². The van der Waals surface area contributed by atoms with Gasteiger partial charge in [-0.1, -0.05) is 18.2 Å². The first kappa shape index (κ1) is 19.1. The number of nitrogens with one attached hydrogen (secondary N) is 1. The van der Waals surface area contributed by atoms with E-state index in [0.717, 1.165) is 0 Å². The molecule has 0 aliphatic rings. The van der Waals surface area contributed by atoms with E-state index >= 15 is 0 Å². The number of carbonyl (C=O) groups is 1. The Bertz CT molecular complexity index is 937. The fourth-order valence-corrected chi connectivity index (χ4v) is 2.53. The van der Waals surface area contributed by atoms with Gasteiger partial charge in [0, 0.05) is 24.2 Å². The number of hydrogen-bond donors (Lipinski definition) is 2. The van der Waals surface area contributed by atoms with Crippen molar-refractivity contribution in [3.63, 3.8) is 0 Å². The average Bonchev–Trinajstić information content (AvgIpc) is 3.20. The van der Waals surface area contributed by atoms with E-state index in [2.05, 4.69) is 5.32 Å². The molecule has 0 spiro atoms. The van der Waals surface area contributed by atoms with Crippen molar-refractivity contribution < 1.29 is 24.0 Å². The Balaban J connectivity index is 1.56. The fraction of sp³-hybridized carbons (Fsp3) is 0.150. The molecule has 0 radical (unpaired) electrons. The smallest absolute Gasteiger partial charge is 0.287 e. The Morgan fingerprint density at radius 2 is 1.86 bits per heavy atom. The van der Waals surface area contributed by atoms with Gasteiger partial charge in [0.15, 0.2) is 5.76 Å². The van der Waals surface area contributed by atoms with Gasteiger partial charge in [-0.05, 0) is 35.9 Å². The lowest BCUT2D eigenvalue weighted by atomic mass is 10.1. The second kappa shape index (κ2) is 8.83. The van der Waals surface area contributed by atoms with Crippen LogP contribution in [0, 0.1) is 10.1 Å². The van der Waals surface area contributed by atoms with Gasteiger partial charge in [-0.2, -0.15) is 0 Å². The molecule has 1 heterocycles. The molecule has 3 rings (SSSR count). The zero-order chi connectivity index (χ0) is 19.9. The number of furan rings is 1. The average molecular weight is 382 g/mol. The predicted molar refractivity (Wildman–Crippen MR) is 99.9 cm³/mol. The minimum atomic E-state index is -1.01. The number of aliphatic hydroxyl groups excluding tert-OH is 1. The summed E-state index contributed by atoms with van der Waals surface area (Å²) in [5, 5.41) is 23.4. The Morgan fingerprint density at radius 3 is 2.54 bits per heavy atom. The second-order valence-corrected chi connectivity index (χ2v) is 5.95. The molecule has 2 aromatic carbocycles. The molecule has 3 aromatic rings. The fourth-order valence-electron chi connectivity index (χ4n) is 2.53. The second-order valence-electron chi connectivity index (χ2n) is 5.95. The number of carbonyl (C=O) groups excluding carboxylic acids is 1. The van der Waals surface area contributed by atoms with Crippen molar-refractivity contribution >= 4 is 11.6 Å². The summed E-state index contributed by atoms with van der Waals surface area (Å²) in [6, 6.07) is 16.3. The number of non-ortho nitro benzene ring substituents is 1. The molecule has 1 atom stereocenters. The molecule has 1 aromatic heterocycles. The predicted octanol–water partition coefficient (Wildman–Crippen LogP) is 3.23. The van der Waals surface area contributed by atoms with Crippen LogP contribution in [0.25, 0.3) is 0 Å². The SMILES string of the molecule is O=C(NC[C@H](O)c1ccc([N+](=O)[O-])cc1)c1occc1COc1ccccc1. The van der Waals surface area contributed by atoms with Crippen LogP contribution < -0.4 is 10.1 Å². The van der Waals surface area contributed by atoms with Crippen molar-refractivity contribution in [3.8, 4) is 5.75 Å². The lowest BCUT2D eigenvalue weighted by Crippen LogP contribution is -2.28. The summed E-state index contributed by atoms with van der Waals surface area (Å²) >= 11 is 0. The van der Waals surface area contributed by atoms with E-state index < -0.39 is 16.9 Å². The topological polar surface area (TPSA) is 115 Å². The third-order valence-electron chi connectivity index (χ3n) is 4.04. The summed E-state index contributed by atoms with van der Waals surface area (Å²) < 4.78 is 10.9. The van der Waals surface area contributed by atoms with Gasteiger partial charge in [-0.3, -0.25) is 14.9 Å². The standard InChI is InChI=1S/C20H18N2O6/c23-18(14-6-8-16(9-7-14)22(25)26)12-21-20(24)19-15(10-11-27-19)13-28-17-4-2-1-3-5-17/h1-11,18,23H,12-13H2,(H,21,24)/t18-/m0/s1. The van der Waals surface area contributed by atoms with Crippen LogP contribution >= 0.6 is 0 Å². The van der Waals surface area contributed by atoms with Crippen molar-refractivity contribution in [1.29, 1.82) is 0 Å². The Kier molecular flexibility index (Phi) is 6.03. The van der Waals surface area contributed by atoms with Gasteiger partial charge in [0.25, 0.3) is 11.6 Å². The van der Waals surface area contributed by atoms with Crippen molar-refractivity contribution in [2.45, 2.75) is 12.7 Å². The summed E-state index contributed by atoms with van der Waals surface area (Å²) in [6.45, 7) is 0.0878. The molecular weight excluding hydrogens is 364 g/mol. The maximum absolute atomic E-state index is 12.4. The highest BCUT2D eigenvalue weighted by Gasteiger charge is 2.18. The Hall–Kier alpha value is -3.65. The van der Waals surface area contributed by atoms with Gasteiger partial charge in [0.1, 0.15) is 12.4 Å². The van der Waals surface area contributed by atoms with Crippen LogP contribution in [0.4, 0.5) is 5.69 Å². The van der Waals surface area contributed by atoms with Gasteiger partial charge in [-0.15, -0.1) is 0 Å². The van der Waals surface area contributed by atoms with Crippen LogP contribution in [-0.2, 0) is 6.61 Å². The van der Waals surface area contributed by atoms with Crippen LogP contribution in [0.2, 0.25) is 0 Å². The van der Waals surface area contributed by atoms with Gasteiger partial charge in [0.05, 0.1) is 17.3 Å². The van der Waals surface area contributed by atoms with Crippen LogP contribution in [0.15, 0.2) is 71.3 Å². The highest BCUT2D eigenvalue weighted by atomic mass is 16.6. The van der Waals surface area contributed by atoms with E-state index in [4.69, 9.17) is 9.15 Å². The van der Waals surface area contributed by atoms with Crippen molar-refractivity contribution in [1.82, 2.24) is 5.32 Å². The molecule has 0 unspecified atom stereocenters. The normalized spacial score (nSPS) is 11.6. The minimum absolute atomic E-state index is 0.0707. The quantitative estimate of drug-likeness (QED) is 0.457. The molecule has 0 bridgehead atoms. The summed E-state index contributed by atoms with van der Waals surface area (Å²) in [5.41, 5.74) is 0.961. The number of aliphatic hydroxyl groups is 1. The van der Waals surface area contributed by atoms with Gasteiger partial charge < -0.3 is 19.6 Å². The molecule has 0 saturated heterocycles. The third-order valence-corrected chi connectivity index (χ3v) is 4.04. The number of nitro groups is 1. The monoisotopic (exact) mass is 382 g/mol. The molecule has 144 valence electrons. The van der Waals surface area contributed by atoms with E-state index in [1.165, 1.54) is 30.5 Å². The molecule has 28 heavy (non-hydrogen) atoms. The van der Waals surface area contributed by atoms with Crippen LogP contribution in [0.3, 0.4) is 0 Å². The number of hydrogen-bond acceptors (Lipinski definition) is 6. The maximum Gasteiger partial charge on any atom is 0.287 e. The molecule has 8 nitrogen and oxygen atoms in total. The third kappa shape index (κ3) is 4.74. The van der Waals surface area contributed by atoms with Crippen LogP contribution in [0.1, 0.15) is 27.8 Å². The van der Waals surface area contributed by atoms with Crippen molar-refractivity contribution in [3.05, 3.63) is 93.9 Å². The summed E-state index contributed by atoms with van der Waals surface area (Å²) in [6.07, 6.45) is 0.384. The van der Waals surface area contributed by atoms with E-state index in [1.807, 2.05) is 18.2 Å². The highest BCUT2D eigenvalue weighted by molar-refractivity contribution is 5.92. The lowest BCUT2D eigenvalue weighted by molar-refractivity contribution is -0.384. The summed E-state index contributed by atoms with van der Waals surface area (Å²) in [4.78, 5) is 22.5. The van der Waals surface area contributed by atoms with E-state index in [-0.39, 0.29) is 24.6 Å². The maximum atomic E-state index is 12.4. The molecule has 0 aliphatic heterocycles. The first-order valence-corrected chi connectivity index (χ1v) is 8.49.